The lowest BCUT2D eigenvalue weighted by molar-refractivity contribution is -0.137. The number of anilines is 2. The fourth-order valence-electron chi connectivity index (χ4n) is 3.71. The number of halogens is 4. The summed E-state index contributed by atoms with van der Waals surface area (Å²) < 4.78 is 69.7. The molecule has 0 spiro atoms. The van der Waals surface area contributed by atoms with Gasteiger partial charge in [0.05, 0.1) is 41.1 Å². The van der Waals surface area contributed by atoms with Crippen molar-refractivity contribution in [3.8, 4) is 17.6 Å². The van der Waals surface area contributed by atoms with E-state index in [0.717, 1.165) is 29.5 Å². The molecule has 14 heteroatoms. The number of carbonyl (C=O) groups is 2. The SMILES string of the molecule is COCCOCC(=O)Nc1nc2ccc(Oc3ccc(F)c(NC(=O)Cc4cccc(C(F)(F)F)c4)c3)c(C#N)c2s1. The molecule has 4 aromatic rings. The first kappa shape index (κ1) is 30.4. The van der Waals surface area contributed by atoms with Crippen LogP contribution in [-0.4, -0.2) is 43.7 Å². The predicted molar refractivity (Wildman–Crippen MR) is 146 cm³/mol. The summed E-state index contributed by atoms with van der Waals surface area (Å²) in [5.74, 6) is -1.79. The van der Waals surface area contributed by atoms with Gasteiger partial charge in [0.25, 0.3) is 5.91 Å². The number of hydrogen-bond donors (Lipinski definition) is 2. The Kier molecular flexibility index (Phi) is 9.68. The van der Waals surface area contributed by atoms with Gasteiger partial charge in [0.2, 0.25) is 5.91 Å². The number of nitrogens with one attached hydrogen (secondary N) is 2. The summed E-state index contributed by atoms with van der Waals surface area (Å²) in [4.78, 5) is 28.9. The molecule has 0 aliphatic carbocycles. The predicted octanol–water partition coefficient (Wildman–Crippen LogP) is 5.90. The minimum atomic E-state index is -4.57. The average molecular weight is 603 g/mol. The highest BCUT2D eigenvalue weighted by Crippen LogP contribution is 2.37. The third kappa shape index (κ3) is 7.78. The molecule has 1 aromatic heterocycles. The lowest BCUT2D eigenvalue weighted by Crippen LogP contribution is -2.19. The van der Waals surface area contributed by atoms with Gasteiger partial charge in [-0.15, -0.1) is 0 Å². The van der Waals surface area contributed by atoms with Gasteiger partial charge in [0.1, 0.15) is 35.6 Å². The van der Waals surface area contributed by atoms with E-state index in [1.165, 1.54) is 37.4 Å². The van der Waals surface area contributed by atoms with Gasteiger partial charge in [0, 0.05) is 13.2 Å². The third-order valence-corrected chi connectivity index (χ3v) is 6.61. The zero-order valence-corrected chi connectivity index (χ0v) is 22.7. The number of thiazole rings is 1. The summed E-state index contributed by atoms with van der Waals surface area (Å²) in [5.41, 5.74) is -0.523. The minimum Gasteiger partial charge on any atom is -0.456 e. The van der Waals surface area contributed by atoms with Crippen LogP contribution in [0.2, 0.25) is 0 Å². The Morgan fingerprint density at radius 2 is 1.86 bits per heavy atom. The molecule has 1 heterocycles. The molecule has 0 fully saturated rings. The van der Waals surface area contributed by atoms with E-state index in [9.17, 15) is 32.4 Å². The second-order valence-corrected chi connectivity index (χ2v) is 9.68. The molecule has 218 valence electrons. The van der Waals surface area contributed by atoms with Gasteiger partial charge in [-0.2, -0.15) is 18.4 Å². The van der Waals surface area contributed by atoms with E-state index < -0.39 is 35.8 Å². The van der Waals surface area contributed by atoms with Gasteiger partial charge >= 0.3 is 6.18 Å². The molecule has 2 amide bonds. The van der Waals surface area contributed by atoms with Crippen LogP contribution >= 0.6 is 11.3 Å². The van der Waals surface area contributed by atoms with Crippen LogP contribution in [0, 0.1) is 17.1 Å². The standard InChI is InChI=1S/C28H22F4N4O5S/c1-39-9-10-40-15-25(38)36-27-35-21-7-8-23(19(14-33)26(21)42-27)41-18-5-6-20(29)22(13-18)34-24(37)12-16-3-2-4-17(11-16)28(30,31)32/h2-8,11,13H,9-10,12,15H2,1H3,(H,34,37)(H,35,36,38). The van der Waals surface area contributed by atoms with Gasteiger partial charge in [-0.25, -0.2) is 9.37 Å². The van der Waals surface area contributed by atoms with Crippen LogP contribution in [0.15, 0.2) is 54.6 Å². The molecular weight excluding hydrogens is 580 g/mol. The summed E-state index contributed by atoms with van der Waals surface area (Å²) >= 11 is 1.05. The number of carbonyl (C=O) groups excluding carboxylic acids is 2. The number of fused-ring (bicyclic) bond motifs is 1. The molecule has 0 saturated heterocycles. The lowest BCUT2D eigenvalue weighted by Gasteiger charge is -2.12. The summed E-state index contributed by atoms with van der Waals surface area (Å²) in [6.45, 7) is 0.375. The van der Waals surface area contributed by atoms with E-state index in [1.807, 2.05) is 6.07 Å². The highest BCUT2D eigenvalue weighted by molar-refractivity contribution is 7.22. The van der Waals surface area contributed by atoms with Crippen molar-refractivity contribution in [3.05, 3.63) is 77.1 Å². The van der Waals surface area contributed by atoms with Gasteiger partial charge in [-0.1, -0.05) is 29.5 Å². The average Bonchev–Trinajstić information content (AvgIpc) is 3.35. The van der Waals surface area contributed by atoms with Crippen molar-refractivity contribution in [2.45, 2.75) is 12.6 Å². The fourth-order valence-corrected chi connectivity index (χ4v) is 4.68. The molecule has 0 unspecified atom stereocenters. The quantitative estimate of drug-likeness (QED) is 0.162. The van der Waals surface area contributed by atoms with Crippen LogP contribution in [0.1, 0.15) is 16.7 Å². The summed E-state index contributed by atoms with van der Waals surface area (Å²) in [6, 6.07) is 12.9. The summed E-state index contributed by atoms with van der Waals surface area (Å²) in [7, 11) is 1.51. The van der Waals surface area contributed by atoms with Crippen molar-refractivity contribution < 1.29 is 41.4 Å². The maximum absolute atomic E-state index is 14.5. The summed E-state index contributed by atoms with van der Waals surface area (Å²) in [6.07, 6.45) is -4.99. The molecule has 0 saturated carbocycles. The molecule has 0 aliphatic rings. The van der Waals surface area contributed by atoms with Crippen LogP contribution in [0.25, 0.3) is 10.2 Å². The Labute approximate surface area is 240 Å². The van der Waals surface area contributed by atoms with Gasteiger partial charge in [-0.05, 0) is 35.9 Å². The van der Waals surface area contributed by atoms with Crippen molar-refractivity contribution in [1.29, 1.82) is 5.26 Å². The maximum Gasteiger partial charge on any atom is 0.416 e. The van der Waals surface area contributed by atoms with Crippen LogP contribution in [0.4, 0.5) is 28.4 Å². The highest BCUT2D eigenvalue weighted by Gasteiger charge is 2.30. The number of methoxy groups -OCH3 is 1. The largest absolute Gasteiger partial charge is 0.456 e. The summed E-state index contributed by atoms with van der Waals surface area (Å²) in [5, 5.41) is 15.0. The topological polar surface area (TPSA) is 123 Å². The smallest absolute Gasteiger partial charge is 0.416 e. The Morgan fingerprint density at radius 1 is 1.05 bits per heavy atom. The minimum absolute atomic E-state index is 0.0767. The molecule has 0 aliphatic heterocycles. The Hall–Kier alpha value is -4.58. The molecule has 2 N–H and O–H groups in total. The number of nitriles is 1. The van der Waals surface area contributed by atoms with Crippen molar-refractivity contribution in [3.63, 3.8) is 0 Å². The first-order valence-electron chi connectivity index (χ1n) is 12.2. The normalized spacial score (nSPS) is 11.2. The van der Waals surface area contributed by atoms with Crippen molar-refractivity contribution in [2.24, 2.45) is 0 Å². The third-order valence-electron chi connectivity index (χ3n) is 5.60. The zero-order valence-electron chi connectivity index (χ0n) is 21.9. The monoisotopic (exact) mass is 602 g/mol. The number of nitrogens with zero attached hydrogens (tertiary/aromatic N) is 2. The second kappa shape index (κ2) is 13.4. The van der Waals surface area contributed by atoms with E-state index in [-0.39, 0.29) is 46.7 Å². The van der Waals surface area contributed by atoms with Crippen molar-refractivity contribution >= 4 is 44.2 Å². The molecule has 0 atom stereocenters. The lowest BCUT2D eigenvalue weighted by atomic mass is 10.1. The number of amides is 2. The maximum atomic E-state index is 14.5. The molecular formula is C28H22F4N4O5S. The van der Waals surface area contributed by atoms with Crippen LogP contribution < -0.4 is 15.4 Å². The van der Waals surface area contributed by atoms with E-state index in [4.69, 9.17) is 14.2 Å². The van der Waals surface area contributed by atoms with E-state index >= 15 is 0 Å². The molecule has 42 heavy (non-hydrogen) atoms. The second-order valence-electron chi connectivity index (χ2n) is 8.68. The molecule has 4 rings (SSSR count). The molecule has 0 radical (unpaired) electrons. The van der Waals surface area contributed by atoms with Crippen molar-refractivity contribution in [2.75, 3.05) is 37.6 Å². The first-order chi connectivity index (χ1) is 20.1. The van der Waals surface area contributed by atoms with Crippen LogP contribution in [-0.2, 0) is 31.7 Å². The number of benzene rings is 3. The van der Waals surface area contributed by atoms with Gasteiger partial charge in [-0.3, -0.25) is 14.9 Å². The van der Waals surface area contributed by atoms with E-state index in [1.54, 1.807) is 6.07 Å². The van der Waals surface area contributed by atoms with E-state index in [2.05, 4.69) is 15.6 Å². The van der Waals surface area contributed by atoms with Crippen molar-refractivity contribution in [1.82, 2.24) is 4.98 Å². The molecule has 3 aromatic carbocycles. The highest BCUT2D eigenvalue weighted by atomic mass is 32.1. The Balaban J connectivity index is 1.47. The van der Waals surface area contributed by atoms with E-state index in [0.29, 0.717) is 16.8 Å². The number of aromatic nitrogens is 1. The van der Waals surface area contributed by atoms with Gasteiger partial charge in [0.15, 0.2) is 5.13 Å². The van der Waals surface area contributed by atoms with Gasteiger partial charge < -0.3 is 19.5 Å². The Morgan fingerprint density at radius 3 is 2.60 bits per heavy atom. The zero-order chi connectivity index (χ0) is 30.3. The molecule has 0 bridgehead atoms. The van der Waals surface area contributed by atoms with Crippen LogP contribution in [0.3, 0.4) is 0 Å². The first-order valence-corrected chi connectivity index (χ1v) is 13.0. The number of alkyl halides is 3. The fraction of sp³-hybridized carbons (Fsp3) is 0.214. The number of ether oxygens (including phenoxy) is 3. The number of rotatable bonds is 11. The Bertz CT molecular complexity index is 1650. The van der Waals surface area contributed by atoms with Crippen LogP contribution in [0.5, 0.6) is 11.5 Å². The molecule has 9 nitrogen and oxygen atoms in total. The number of hydrogen-bond acceptors (Lipinski definition) is 8.